The van der Waals surface area contributed by atoms with E-state index in [4.69, 9.17) is 0 Å². The van der Waals surface area contributed by atoms with E-state index in [0.29, 0.717) is 16.8 Å². The van der Waals surface area contributed by atoms with Gasteiger partial charge in [-0.05, 0) is 42.8 Å². The largest absolute Gasteiger partial charge is 0.268 e. The van der Waals surface area contributed by atoms with Gasteiger partial charge < -0.3 is 0 Å². The highest BCUT2D eigenvalue weighted by Gasteiger charge is 2.36. The van der Waals surface area contributed by atoms with Crippen molar-refractivity contribution in [3.05, 3.63) is 62.0 Å². The van der Waals surface area contributed by atoms with Crippen LogP contribution >= 0.6 is 31.9 Å². The van der Waals surface area contributed by atoms with Crippen LogP contribution in [0.2, 0.25) is 0 Å². The van der Waals surface area contributed by atoms with Crippen LogP contribution in [0.1, 0.15) is 26.3 Å². The second kappa shape index (κ2) is 4.82. The molecule has 0 unspecified atom stereocenters. The predicted octanol–water partition coefficient (Wildman–Crippen LogP) is 4.32. The average molecular weight is 395 g/mol. The number of amides is 2. The molecule has 0 radical (unpaired) electrons. The summed E-state index contributed by atoms with van der Waals surface area (Å²) < 4.78 is 1.65. The highest BCUT2D eigenvalue weighted by molar-refractivity contribution is 9.10. The van der Waals surface area contributed by atoms with E-state index in [-0.39, 0.29) is 11.8 Å². The third-order valence-electron chi connectivity index (χ3n) is 3.26. The van der Waals surface area contributed by atoms with Gasteiger partial charge in [0, 0.05) is 8.95 Å². The molecule has 1 aliphatic rings. The zero-order chi connectivity index (χ0) is 14.4. The molecule has 1 heterocycles. The van der Waals surface area contributed by atoms with E-state index in [0.717, 1.165) is 14.5 Å². The van der Waals surface area contributed by atoms with Crippen LogP contribution in [-0.4, -0.2) is 11.8 Å². The summed E-state index contributed by atoms with van der Waals surface area (Å²) in [5.74, 6) is -0.574. The van der Waals surface area contributed by atoms with Crippen molar-refractivity contribution in [2.45, 2.75) is 6.92 Å². The fourth-order valence-corrected chi connectivity index (χ4v) is 2.90. The molecule has 0 atom stereocenters. The van der Waals surface area contributed by atoms with Gasteiger partial charge in [0.2, 0.25) is 0 Å². The molecule has 3 rings (SSSR count). The summed E-state index contributed by atoms with van der Waals surface area (Å²) in [4.78, 5) is 26.0. The lowest BCUT2D eigenvalue weighted by Crippen LogP contribution is -2.29. The number of nitrogens with zero attached hydrogens (tertiary/aromatic N) is 1. The SMILES string of the molecule is Cc1ccc(N2C(=O)c3ccc(Br)cc3C2=O)cc1Br. The number of halogens is 2. The van der Waals surface area contributed by atoms with Crippen LogP contribution in [-0.2, 0) is 0 Å². The summed E-state index contributed by atoms with van der Waals surface area (Å²) in [5, 5.41) is 0. The third-order valence-corrected chi connectivity index (χ3v) is 4.61. The van der Waals surface area contributed by atoms with Crippen molar-refractivity contribution in [1.29, 1.82) is 0 Å². The summed E-state index contributed by atoms with van der Waals surface area (Å²) in [6.45, 7) is 1.95. The van der Waals surface area contributed by atoms with E-state index in [1.807, 2.05) is 13.0 Å². The fraction of sp³-hybridized carbons (Fsp3) is 0.0667. The number of aryl methyl sites for hydroxylation is 1. The minimum absolute atomic E-state index is 0.284. The Morgan fingerprint density at radius 3 is 2.30 bits per heavy atom. The quantitative estimate of drug-likeness (QED) is 0.675. The first-order chi connectivity index (χ1) is 9.49. The van der Waals surface area contributed by atoms with Gasteiger partial charge >= 0.3 is 0 Å². The smallest absolute Gasteiger partial charge is 0.266 e. The van der Waals surface area contributed by atoms with Gasteiger partial charge in [-0.3, -0.25) is 9.59 Å². The monoisotopic (exact) mass is 393 g/mol. The standard InChI is InChI=1S/C15H9Br2NO2/c1-8-2-4-10(7-13(8)17)18-14(19)11-5-3-9(16)6-12(11)15(18)20/h2-7H,1H3. The van der Waals surface area contributed by atoms with E-state index in [1.165, 1.54) is 4.90 Å². The Bertz CT molecular complexity index is 756. The molecular formula is C15H9Br2NO2. The highest BCUT2D eigenvalue weighted by atomic mass is 79.9. The number of hydrogen-bond acceptors (Lipinski definition) is 2. The molecule has 2 amide bonds. The number of carbonyl (C=O) groups excluding carboxylic acids is 2. The number of fused-ring (bicyclic) bond motifs is 1. The van der Waals surface area contributed by atoms with Crippen molar-refractivity contribution in [3.8, 4) is 0 Å². The molecule has 0 fully saturated rings. The van der Waals surface area contributed by atoms with Crippen molar-refractivity contribution in [2.75, 3.05) is 4.90 Å². The Hall–Kier alpha value is -1.46. The van der Waals surface area contributed by atoms with Gasteiger partial charge in [0.1, 0.15) is 0 Å². The fourth-order valence-electron chi connectivity index (χ4n) is 2.17. The van der Waals surface area contributed by atoms with Crippen molar-refractivity contribution < 1.29 is 9.59 Å². The molecule has 100 valence electrons. The van der Waals surface area contributed by atoms with Gasteiger partial charge in [0.15, 0.2) is 0 Å². The normalized spacial score (nSPS) is 13.8. The Labute approximate surface area is 132 Å². The summed E-state index contributed by atoms with van der Waals surface area (Å²) in [5.41, 5.74) is 2.49. The van der Waals surface area contributed by atoms with Crippen LogP contribution in [0, 0.1) is 6.92 Å². The molecule has 20 heavy (non-hydrogen) atoms. The lowest BCUT2D eigenvalue weighted by molar-refractivity contribution is 0.0926. The molecule has 0 aliphatic carbocycles. The van der Waals surface area contributed by atoms with E-state index in [2.05, 4.69) is 31.9 Å². The summed E-state index contributed by atoms with van der Waals surface area (Å²) in [6.07, 6.45) is 0. The molecule has 0 aromatic heterocycles. The molecule has 1 aliphatic heterocycles. The maximum absolute atomic E-state index is 12.4. The van der Waals surface area contributed by atoms with Gasteiger partial charge in [0.05, 0.1) is 16.8 Å². The number of anilines is 1. The molecule has 0 saturated carbocycles. The lowest BCUT2D eigenvalue weighted by atomic mass is 10.1. The third kappa shape index (κ3) is 2.01. The van der Waals surface area contributed by atoms with Crippen molar-refractivity contribution in [3.63, 3.8) is 0 Å². The van der Waals surface area contributed by atoms with E-state index >= 15 is 0 Å². The first kappa shape index (κ1) is 13.5. The van der Waals surface area contributed by atoms with Crippen LogP contribution in [0.3, 0.4) is 0 Å². The van der Waals surface area contributed by atoms with Crippen LogP contribution in [0.4, 0.5) is 5.69 Å². The Morgan fingerprint density at radius 1 is 0.900 bits per heavy atom. The molecule has 0 spiro atoms. The molecule has 5 heteroatoms. The van der Waals surface area contributed by atoms with Gasteiger partial charge in [-0.2, -0.15) is 0 Å². The Morgan fingerprint density at radius 2 is 1.60 bits per heavy atom. The van der Waals surface area contributed by atoms with Crippen molar-refractivity contribution in [1.82, 2.24) is 0 Å². The zero-order valence-electron chi connectivity index (χ0n) is 10.5. The van der Waals surface area contributed by atoms with E-state index in [9.17, 15) is 9.59 Å². The van der Waals surface area contributed by atoms with Gasteiger partial charge in [-0.25, -0.2) is 4.90 Å². The van der Waals surface area contributed by atoms with Crippen molar-refractivity contribution in [2.24, 2.45) is 0 Å². The maximum atomic E-state index is 12.4. The number of rotatable bonds is 1. The second-order valence-electron chi connectivity index (χ2n) is 4.57. The van der Waals surface area contributed by atoms with E-state index in [1.54, 1.807) is 30.3 Å². The van der Waals surface area contributed by atoms with Crippen LogP contribution in [0.25, 0.3) is 0 Å². The molecule has 2 aromatic rings. The Kier molecular flexibility index (Phi) is 3.26. The lowest BCUT2D eigenvalue weighted by Gasteiger charge is -2.14. The minimum atomic E-state index is -0.290. The van der Waals surface area contributed by atoms with Gasteiger partial charge in [-0.1, -0.05) is 37.9 Å². The molecule has 0 N–H and O–H groups in total. The molecular weight excluding hydrogens is 386 g/mol. The van der Waals surface area contributed by atoms with Gasteiger partial charge in [-0.15, -0.1) is 0 Å². The number of imide groups is 1. The van der Waals surface area contributed by atoms with E-state index < -0.39 is 0 Å². The first-order valence-electron chi connectivity index (χ1n) is 5.93. The number of hydrogen-bond donors (Lipinski definition) is 0. The molecule has 3 nitrogen and oxygen atoms in total. The predicted molar refractivity (Wildman–Crippen MR) is 84.2 cm³/mol. The molecule has 2 aromatic carbocycles. The Balaban J connectivity index is 2.11. The average Bonchev–Trinajstić information content (AvgIpc) is 2.65. The minimum Gasteiger partial charge on any atom is -0.268 e. The van der Waals surface area contributed by atoms with Gasteiger partial charge in [0.25, 0.3) is 11.8 Å². The topological polar surface area (TPSA) is 37.4 Å². The van der Waals surface area contributed by atoms with Crippen LogP contribution in [0.15, 0.2) is 45.3 Å². The number of benzene rings is 2. The zero-order valence-corrected chi connectivity index (χ0v) is 13.7. The second-order valence-corrected chi connectivity index (χ2v) is 6.34. The summed E-state index contributed by atoms with van der Waals surface area (Å²) in [6, 6.07) is 10.5. The highest BCUT2D eigenvalue weighted by Crippen LogP contribution is 2.32. The van der Waals surface area contributed by atoms with Crippen LogP contribution < -0.4 is 4.90 Å². The maximum Gasteiger partial charge on any atom is 0.266 e. The number of carbonyl (C=O) groups is 2. The summed E-state index contributed by atoms with van der Waals surface area (Å²) >= 11 is 6.74. The molecule has 0 saturated heterocycles. The van der Waals surface area contributed by atoms with Crippen LogP contribution in [0.5, 0.6) is 0 Å². The first-order valence-corrected chi connectivity index (χ1v) is 7.52. The van der Waals surface area contributed by atoms with Crippen molar-refractivity contribution >= 4 is 49.4 Å². The summed E-state index contributed by atoms with van der Waals surface area (Å²) in [7, 11) is 0. The molecule has 0 bridgehead atoms.